The van der Waals surface area contributed by atoms with Crippen LogP contribution in [0, 0.1) is 5.41 Å². The molecule has 0 spiro atoms. The molecule has 2 saturated carbocycles. The zero-order chi connectivity index (χ0) is 27.0. The Morgan fingerprint density at radius 1 is 1.18 bits per heavy atom. The maximum absolute atomic E-state index is 13.4. The first kappa shape index (κ1) is 25.6. The number of anilines is 1. The third kappa shape index (κ3) is 4.45. The zero-order valence-electron chi connectivity index (χ0n) is 21.3. The first-order valence-electron chi connectivity index (χ1n) is 12.6. The zero-order valence-corrected chi connectivity index (χ0v) is 22.9. The van der Waals surface area contributed by atoms with E-state index in [1.165, 1.54) is 6.20 Å². The van der Waals surface area contributed by atoms with Crippen LogP contribution < -0.4 is 9.62 Å². The number of carbonyl (C=O) groups is 1. The topological polar surface area (TPSA) is 113 Å². The largest absolute Gasteiger partial charge is 0.366 e. The Labute approximate surface area is 223 Å². The van der Waals surface area contributed by atoms with E-state index in [4.69, 9.17) is 0 Å². The van der Waals surface area contributed by atoms with Crippen LogP contribution >= 0.6 is 11.3 Å². The van der Waals surface area contributed by atoms with Crippen LogP contribution in [-0.2, 0) is 14.8 Å². The number of nitrogens with zero attached hydrogens (tertiary/aromatic N) is 6. The number of sulfonamides is 1. The van der Waals surface area contributed by atoms with Gasteiger partial charge in [0.15, 0.2) is 15.8 Å². The summed E-state index contributed by atoms with van der Waals surface area (Å²) in [6.45, 7) is 7.41. The minimum absolute atomic E-state index is 0.0441. The van der Waals surface area contributed by atoms with E-state index < -0.39 is 27.0 Å². The fourth-order valence-corrected chi connectivity index (χ4v) is 7.10. The minimum Gasteiger partial charge on any atom is -0.366 e. The number of amides is 1. The van der Waals surface area contributed by atoms with Gasteiger partial charge in [0.2, 0.25) is 15.9 Å². The SMILES string of the molecule is C[C@@H]1CN(c2cc(S(=O)(=O)NC3(C)CC3)cn3c(-c4nnc(C(F)F)s4)ncc23)CCN1C(=O)C1(C)CC1. The lowest BCUT2D eigenvalue weighted by molar-refractivity contribution is -0.138. The molecular weight excluding hydrogens is 536 g/mol. The van der Waals surface area contributed by atoms with Gasteiger partial charge in [0.1, 0.15) is 4.90 Å². The van der Waals surface area contributed by atoms with Gasteiger partial charge in [0, 0.05) is 42.8 Å². The number of rotatable bonds is 7. The number of imidazole rings is 1. The third-order valence-corrected chi connectivity index (χ3v) is 10.4. The van der Waals surface area contributed by atoms with Crippen molar-refractivity contribution in [3.63, 3.8) is 0 Å². The van der Waals surface area contributed by atoms with Crippen LogP contribution in [0.3, 0.4) is 0 Å². The van der Waals surface area contributed by atoms with Gasteiger partial charge in [0.25, 0.3) is 6.43 Å². The smallest absolute Gasteiger partial charge is 0.291 e. The van der Waals surface area contributed by atoms with E-state index >= 15 is 0 Å². The predicted molar refractivity (Wildman–Crippen MR) is 138 cm³/mol. The van der Waals surface area contributed by atoms with Crippen molar-refractivity contribution in [3.05, 3.63) is 23.5 Å². The van der Waals surface area contributed by atoms with Gasteiger partial charge in [-0.25, -0.2) is 26.9 Å². The highest BCUT2D eigenvalue weighted by atomic mass is 32.2. The first-order valence-corrected chi connectivity index (χ1v) is 14.9. The van der Waals surface area contributed by atoms with Crippen molar-refractivity contribution in [2.24, 2.45) is 5.41 Å². The summed E-state index contributed by atoms with van der Waals surface area (Å²) in [5.74, 6) is 0.412. The molecule has 1 N–H and O–H groups in total. The second kappa shape index (κ2) is 8.65. The van der Waals surface area contributed by atoms with Gasteiger partial charge in [-0.05, 0) is 45.6 Å². The van der Waals surface area contributed by atoms with Crippen LogP contribution in [0.4, 0.5) is 14.5 Å². The Balaban J connectivity index is 1.41. The Bertz CT molecular complexity index is 1530. The van der Waals surface area contributed by atoms with Gasteiger partial charge in [-0.2, -0.15) is 0 Å². The lowest BCUT2D eigenvalue weighted by atomic mass is 10.0. The number of hydrogen-bond acceptors (Lipinski definition) is 8. The van der Waals surface area contributed by atoms with Crippen LogP contribution in [0.25, 0.3) is 16.3 Å². The number of pyridine rings is 1. The number of nitrogens with one attached hydrogen (secondary N) is 1. The van der Waals surface area contributed by atoms with Crippen LogP contribution in [0.5, 0.6) is 0 Å². The van der Waals surface area contributed by atoms with Crippen molar-refractivity contribution < 1.29 is 22.0 Å². The van der Waals surface area contributed by atoms with Gasteiger partial charge in [0.05, 0.1) is 17.4 Å². The highest BCUT2D eigenvalue weighted by molar-refractivity contribution is 7.89. The number of aromatic nitrogens is 4. The molecule has 204 valence electrons. The number of carbonyl (C=O) groups excluding carboxylic acids is 1. The summed E-state index contributed by atoms with van der Waals surface area (Å²) >= 11 is 0.722. The molecule has 10 nitrogen and oxygen atoms in total. The van der Waals surface area contributed by atoms with Crippen molar-refractivity contribution in [3.8, 4) is 10.8 Å². The lowest BCUT2D eigenvalue weighted by Crippen LogP contribution is -2.55. The highest BCUT2D eigenvalue weighted by Crippen LogP contribution is 2.47. The Morgan fingerprint density at radius 2 is 1.92 bits per heavy atom. The van der Waals surface area contributed by atoms with Crippen LogP contribution in [0.2, 0.25) is 0 Å². The molecule has 3 aliphatic rings. The van der Waals surface area contributed by atoms with Crippen LogP contribution in [-0.4, -0.2) is 70.0 Å². The summed E-state index contributed by atoms with van der Waals surface area (Å²) < 4.78 is 57.6. The number of piperazine rings is 1. The molecule has 2 aliphatic carbocycles. The Kier molecular flexibility index (Phi) is 5.82. The molecule has 1 aliphatic heterocycles. The molecular formula is C24H29F2N7O3S2. The van der Waals surface area contributed by atoms with E-state index in [2.05, 4.69) is 24.8 Å². The minimum atomic E-state index is -3.88. The van der Waals surface area contributed by atoms with Gasteiger partial charge >= 0.3 is 0 Å². The summed E-state index contributed by atoms with van der Waals surface area (Å²) in [5, 5.41) is 7.19. The van der Waals surface area contributed by atoms with Gasteiger partial charge in [-0.15, -0.1) is 10.2 Å². The van der Waals surface area contributed by atoms with E-state index in [1.54, 1.807) is 16.7 Å². The molecule has 38 heavy (non-hydrogen) atoms. The summed E-state index contributed by atoms with van der Waals surface area (Å²) in [6.07, 6.45) is 3.60. The molecule has 0 aromatic carbocycles. The van der Waals surface area contributed by atoms with Crippen LogP contribution in [0.15, 0.2) is 23.4 Å². The second-order valence-corrected chi connectivity index (χ2v) is 13.9. The van der Waals surface area contributed by atoms with E-state index in [-0.39, 0.29) is 33.1 Å². The normalized spacial score (nSPS) is 22.3. The molecule has 4 heterocycles. The molecule has 0 radical (unpaired) electrons. The molecule has 1 atom stereocenters. The maximum Gasteiger partial charge on any atom is 0.291 e. The summed E-state index contributed by atoms with van der Waals surface area (Å²) in [4.78, 5) is 21.5. The van der Waals surface area contributed by atoms with Crippen molar-refractivity contribution in [2.45, 2.75) is 69.4 Å². The third-order valence-electron chi connectivity index (χ3n) is 7.85. The molecule has 0 unspecified atom stereocenters. The van der Waals surface area contributed by atoms with Gasteiger partial charge < -0.3 is 9.80 Å². The monoisotopic (exact) mass is 565 g/mol. The fourth-order valence-electron chi connectivity index (χ4n) is 4.92. The van der Waals surface area contributed by atoms with E-state index in [0.717, 1.165) is 37.0 Å². The summed E-state index contributed by atoms with van der Waals surface area (Å²) in [5.41, 5.74) is 0.520. The summed E-state index contributed by atoms with van der Waals surface area (Å²) in [7, 11) is -3.88. The van der Waals surface area contributed by atoms with Crippen LogP contribution in [0.1, 0.15) is 57.9 Å². The quantitative estimate of drug-likeness (QED) is 0.467. The maximum atomic E-state index is 13.4. The molecule has 14 heteroatoms. The van der Waals surface area contributed by atoms with Crippen molar-refractivity contribution in [2.75, 3.05) is 24.5 Å². The average Bonchev–Trinajstić information content (AvgIpc) is 3.63. The van der Waals surface area contributed by atoms with E-state index in [0.29, 0.717) is 30.8 Å². The Hall–Kier alpha value is -2.71. The second-order valence-electron chi connectivity index (χ2n) is 11.2. The first-order chi connectivity index (χ1) is 17.9. The van der Waals surface area contributed by atoms with E-state index in [1.807, 2.05) is 25.7 Å². The van der Waals surface area contributed by atoms with Gasteiger partial charge in [-0.3, -0.25) is 9.20 Å². The van der Waals surface area contributed by atoms with Crippen molar-refractivity contribution in [1.29, 1.82) is 0 Å². The number of alkyl halides is 2. The molecule has 1 saturated heterocycles. The molecule has 0 bridgehead atoms. The number of hydrogen-bond donors (Lipinski definition) is 1. The molecule has 6 rings (SSSR count). The fraction of sp³-hybridized carbons (Fsp3) is 0.583. The highest BCUT2D eigenvalue weighted by Gasteiger charge is 2.48. The lowest BCUT2D eigenvalue weighted by Gasteiger charge is -2.42. The molecule has 1 amide bonds. The molecule has 3 fully saturated rings. The standard InChI is InChI=1S/C24H29F2N7O3S2/c1-14-12-31(8-9-32(14)22(34)23(2)4-5-23)16-10-15(38(35,36)30-24(3)6-7-24)13-33-17(16)11-27-19(33)21-29-28-20(37-21)18(25)26/h10-11,13-14,18,30H,4-9,12H2,1-3H3/t14-/m1/s1. The van der Waals surface area contributed by atoms with Gasteiger partial charge in [-0.1, -0.05) is 18.3 Å². The summed E-state index contributed by atoms with van der Waals surface area (Å²) in [6, 6.07) is 1.56. The van der Waals surface area contributed by atoms with E-state index in [9.17, 15) is 22.0 Å². The average molecular weight is 566 g/mol. The Morgan fingerprint density at radius 3 is 2.53 bits per heavy atom. The van der Waals surface area contributed by atoms with Crippen molar-refractivity contribution >= 4 is 38.5 Å². The number of fused-ring (bicyclic) bond motifs is 1. The predicted octanol–water partition coefficient (Wildman–Crippen LogP) is 3.46. The molecule has 3 aromatic rings. The molecule has 3 aromatic heterocycles. The number of halogens is 2. The van der Waals surface area contributed by atoms with Crippen molar-refractivity contribution in [1.82, 2.24) is 29.2 Å².